The molecule has 2 atom stereocenters. The lowest BCUT2D eigenvalue weighted by Crippen LogP contribution is -2.38. The van der Waals surface area contributed by atoms with Gasteiger partial charge in [0.1, 0.15) is 17.3 Å². The van der Waals surface area contributed by atoms with E-state index in [-0.39, 0.29) is 29.1 Å². The number of fused-ring (bicyclic) bond motifs is 1. The average molecular weight is 601 g/mol. The summed E-state index contributed by atoms with van der Waals surface area (Å²) in [4.78, 5) is 15.7. The molecule has 1 fully saturated rings. The second-order valence-electron chi connectivity index (χ2n) is 12.4. The number of nitrogens with one attached hydrogen (secondary N) is 4. The first kappa shape index (κ1) is 31.4. The fourth-order valence-corrected chi connectivity index (χ4v) is 5.67. The van der Waals surface area contributed by atoms with Gasteiger partial charge in [0.05, 0.1) is 45.0 Å². The van der Waals surface area contributed by atoms with E-state index in [1.807, 2.05) is 36.4 Å². The lowest BCUT2D eigenvalue weighted by molar-refractivity contribution is 0.0180. The molecule has 4 N–H and O–H groups in total. The van der Waals surface area contributed by atoms with Crippen molar-refractivity contribution in [3.05, 3.63) is 88.5 Å². The maximum atomic E-state index is 13.3. The fraction of sp³-hybridized carbons (Fsp3) is 0.441. The number of pyridine rings is 1. The number of morpholine rings is 1. The van der Waals surface area contributed by atoms with Crippen LogP contribution in [-0.2, 0) is 21.5 Å². The number of urea groups is 1. The molecule has 2 aliphatic rings. The van der Waals surface area contributed by atoms with E-state index in [4.69, 9.17) is 25.0 Å². The Kier molecular flexibility index (Phi) is 10.1. The summed E-state index contributed by atoms with van der Waals surface area (Å²) >= 11 is 0. The van der Waals surface area contributed by atoms with Crippen molar-refractivity contribution >= 4 is 18.1 Å². The molecule has 0 bridgehead atoms. The van der Waals surface area contributed by atoms with Gasteiger partial charge in [-0.2, -0.15) is 0 Å². The first-order chi connectivity index (χ1) is 21.2. The molecule has 10 heteroatoms. The zero-order valence-corrected chi connectivity index (χ0v) is 25.9. The van der Waals surface area contributed by atoms with Gasteiger partial charge in [-0.25, -0.2) is 4.79 Å². The number of rotatable bonds is 10. The van der Waals surface area contributed by atoms with E-state index >= 15 is 0 Å². The van der Waals surface area contributed by atoms with E-state index < -0.39 is 0 Å². The Morgan fingerprint density at radius 1 is 1.07 bits per heavy atom. The van der Waals surface area contributed by atoms with Crippen molar-refractivity contribution in [3.8, 4) is 5.75 Å². The van der Waals surface area contributed by atoms with Gasteiger partial charge in [0.2, 0.25) is 0 Å². The van der Waals surface area contributed by atoms with Crippen LogP contribution in [0.25, 0.3) is 0 Å². The van der Waals surface area contributed by atoms with Crippen LogP contribution in [0, 0.1) is 10.8 Å². The highest BCUT2D eigenvalue weighted by atomic mass is 16.5. The summed E-state index contributed by atoms with van der Waals surface area (Å²) in [5.74, 6) is 0.591. The molecular formula is C34H44N6O4. The molecule has 0 saturated carbocycles. The lowest BCUT2D eigenvalue weighted by atomic mass is 9.85. The Balaban J connectivity index is 1.23. The van der Waals surface area contributed by atoms with Crippen molar-refractivity contribution in [1.82, 2.24) is 14.8 Å². The van der Waals surface area contributed by atoms with Crippen LogP contribution < -0.4 is 20.9 Å². The van der Waals surface area contributed by atoms with E-state index in [9.17, 15) is 4.79 Å². The molecular weight excluding hydrogens is 556 g/mol. The molecule has 234 valence electrons. The Morgan fingerprint density at radius 3 is 2.59 bits per heavy atom. The van der Waals surface area contributed by atoms with Crippen LogP contribution in [0.4, 0.5) is 10.5 Å². The van der Waals surface area contributed by atoms with Gasteiger partial charge in [0.25, 0.3) is 0 Å². The molecule has 10 nitrogen and oxygen atoms in total. The molecule has 0 radical (unpaired) electrons. The number of benzene rings is 2. The Morgan fingerprint density at radius 2 is 1.84 bits per heavy atom. The third kappa shape index (κ3) is 8.13. The topological polar surface area (TPSA) is 125 Å². The Hall–Kier alpha value is -3.99. The number of carbonyl (C=O) groups is 1. The van der Waals surface area contributed by atoms with Crippen LogP contribution in [-0.4, -0.2) is 61.3 Å². The Labute approximate surface area is 259 Å². The smallest absolute Gasteiger partial charge is 0.319 e. The van der Waals surface area contributed by atoms with Crippen molar-refractivity contribution in [2.24, 2.45) is 0 Å². The normalized spacial score (nSPS) is 18.7. The highest BCUT2D eigenvalue weighted by Gasteiger charge is 2.29. The summed E-state index contributed by atoms with van der Waals surface area (Å²) in [7, 11) is 0. The maximum Gasteiger partial charge on any atom is 0.319 e. The number of nitrogens with zero attached hydrogens (tertiary/aromatic N) is 2. The van der Waals surface area contributed by atoms with Crippen molar-refractivity contribution in [2.75, 3.05) is 44.8 Å². The quantitative estimate of drug-likeness (QED) is 0.142. The minimum Gasteiger partial charge on any atom is -0.484 e. The molecule has 1 aliphatic heterocycles. The van der Waals surface area contributed by atoms with Crippen LogP contribution in [0.1, 0.15) is 68.0 Å². The monoisotopic (exact) mass is 600 g/mol. The second-order valence-corrected chi connectivity index (χ2v) is 12.4. The summed E-state index contributed by atoms with van der Waals surface area (Å²) in [5.41, 5.74) is 5.06. The predicted molar refractivity (Wildman–Crippen MR) is 170 cm³/mol. The van der Waals surface area contributed by atoms with E-state index in [2.05, 4.69) is 42.4 Å². The second kappa shape index (κ2) is 14.2. The van der Waals surface area contributed by atoms with Crippen molar-refractivity contribution < 1.29 is 19.0 Å². The van der Waals surface area contributed by atoms with E-state index in [0.29, 0.717) is 31.8 Å². The van der Waals surface area contributed by atoms with Gasteiger partial charge >= 0.3 is 6.03 Å². The van der Waals surface area contributed by atoms with Gasteiger partial charge in [-0.15, -0.1) is 0 Å². The predicted octanol–water partition coefficient (Wildman–Crippen LogP) is 5.35. The first-order valence-electron chi connectivity index (χ1n) is 15.3. The number of amides is 2. The Bertz CT molecular complexity index is 1510. The van der Waals surface area contributed by atoms with Crippen LogP contribution >= 0.6 is 0 Å². The minimum atomic E-state index is -0.257. The van der Waals surface area contributed by atoms with Crippen molar-refractivity contribution in [1.29, 1.82) is 10.8 Å². The number of carbonyl (C=O) groups excluding carboxylic acids is 1. The molecule has 1 aromatic heterocycles. The highest BCUT2D eigenvalue weighted by molar-refractivity contribution is 5.89. The summed E-state index contributed by atoms with van der Waals surface area (Å²) in [6, 6.07) is 17.2. The number of aromatic nitrogens is 1. The van der Waals surface area contributed by atoms with Gasteiger partial charge in [0.15, 0.2) is 0 Å². The van der Waals surface area contributed by atoms with Crippen molar-refractivity contribution in [3.63, 3.8) is 0 Å². The van der Waals surface area contributed by atoms with Gasteiger partial charge < -0.3 is 24.8 Å². The summed E-state index contributed by atoms with van der Waals surface area (Å²) in [6.07, 6.45) is 3.95. The number of ether oxygens (including phenoxy) is 3. The summed E-state index contributed by atoms with van der Waals surface area (Å²) in [6.45, 7) is 11.9. The highest BCUT2D eigenvalue weighted by Crippen LogP contribution is 2.38. The first-order valence-corrected chi connectivity index (χ1v) is 15.3. The molecule has 0 unspecified atom stereocenters. The van der Waals surface area contributed by atoms with Crippen LogP contribution in [0.5, 0.6) is 5.75 Å². The van der Waals surface area contributed by atoms with E-state index in [1.165, 1.54) is 4.57 Å². The molecule has 44 heavy (non-hydrogen) atoms. The average Bonchev–Trinajstić information content (AvgIpc) is 3.01. The SMILES string of the molecule is CC(C)(C)c1cc(COCCN2CCOCC2)cc(NC(=O)N[C@H]2CC[C@@H](Oc3ccc(=N)n(C=N)c3)c3ccccc32)c1. The minimum absolute atomic E-state index is 0.0903. The van der Waals surface area contributed by atoms with Gasteiger partial charge in [-0.05, 0) is 64.8 Å². The zero-order valence-electron chi connectivity index (χ0n) is 25.9. The third-order valence-electron chi connectivity index (χ3n) is 8.15. The number of hydrogen-bond donors (Lipinski definition) is 4. The molecule has 2 aromatic carbocycles. The molecule has 3 aromatic rings. The van der Waals surface area contributed by atoms with Crippen LogP contribution in [0.3, 0.4) is 0 Å². The molecule has 1 saturated heterocycles. The van der Waals surface area contributed by atoms with Gasteiger partial charge in [0, 0.05) is 25.3 Å². The number of anilines is 1. The maximum absolute atomic E-state index is 13.3. The molecule has 2 amide bonds. The standard InChI is InChI=1S/C34H44N6O4/c1-34(2,3)25-18-24(22-43-17-14-39-12-15-42-16-13-39)19-26(20-25)37-33(41)38-30-9-10-31(29-7-5-4-6-28(29)30)44-27-8-11-32(36)40(21-27)23-35/h4-8,11,18-21,23,30-31,35-36H,9-10,12-17,22H2,1-3H3,(H2,37,38,41)/t30-,31+/m0/s1. The van der Waals surface area contributed by atoms with Gasteiger partial charge in [-0.3, -0.25) is 20.3 Å². The van der Waals surface area contributed by atoms with E-state index in [0.717, 1.165) is 67.1 Å². The van der Waals surface area contributed by atoms with Crippen LogP contribution in [0.15, 0.2) is 60.8 Å². The lowest BCUT2D eigenvalue weighted by Gasteiger charge is -2.32. The van der Waals surface area contributed by atoms with E-state index in [1.54, 1.807) is 18.3 Å². The van der Waals surface area contributed by atoms with Crippen LogP contribution in [0.2, 0.25) is 0 Å². The zero-order chi connectivity index (χ0) is 31.1. The summed E-state index contributed by atoms with van der Waals surface area (Å²) < 4.78 is 19.2. The molecule has 2 heterocycles. The molecule has 1 aliphatic carbocycles. The number of hydrogen-bond acceptors (Lipinski definition) is 7. The largest absolute Gasteiger partial charge is 0.484 e. The fourth-order valence-electron chi connectivity index (χ4n) is 5.67. The molecule has 5 rings (SSSR count). The van der Waals surface area contributed by atoms with Gasteiger partial charge in [-0.1, -0.05) is 51.1 Å². The third-order valence-corrected chi connectivity index (χ3v) is 8.15. The molecule has 0 spiro atoms. The summed E-state index contributed by atoms with van der Waals surface area (Å²) in [5, 5.41) is 21.7. The van der Waals surface area contributed by atoms with Crippen molar-refractivity contribution in [2.45, 2.75) is 57.8 Å².